The third kappa shape index (κ3) is 3.59. The molecule has 20 heavy (non-hydrogen) atoms. The highest BCUT2D eigenvalue weighted by Gasteiger charge is 2.19. The van der Waals surface area contributed by atoms with Gasteiger partial charge in [0.1, 0.15) is 12.2 Å². The molecule has 0 aliphatic heterocycles. The minimum atomic E-state index is -3.71. The van der Waals surface area contributed by atoms with Crippen molar-refractivity contribution >= 4 is 15.7 Å². The Bertz CT molecular complexity index is 698. The van der Waals surface area contributed by atoms with Crippen molar-refractivity contribution in [2.75, 3.05) is 0 Å². The minimum Gasteiger partial charge on any atom is -0.262 e. The quantitative estimate of drug-likeness (QED) is 0.583. The molecular formula is C10H11N5O4S. The molecule has 0 unspecified atom stereocenters. The van der Waals surface area contributed by atoms with Crippen molar-refractivity contribution < 1.29 is 13.3 Å². The molecule has 0 spiro atoms. The van der Waals surface area contributed by atoms with Gasteiger partial charge in [0.15, 0.2) is 0 Å². The highest BCUT2D eigenvalue weighted by Crippen LogP contribution is 2.19. The van der Waals surface area contributed by atoms with Gasteiger partial charge in [-0.25, -0.2) is 18.1 Å². The van der Waals surface area contributed by atoms with E-state index in [4.69, 9.17) is 0 Å². The molecular weight excluding hydrogens is 286 g/mol. The third-order valence-electron chi connectivity index (χ3n) is 2.46. The Kier molecular flexibility index (Phi) is 4.05. The number of sulfonamides is 1. The second-order valence-corrected chi connectivity index (χ2v) is 5.71. The Balaban J connectivity index is 2.10. The second-order valence-electron chi connectivity index (χ2n) is 3.90. The van der Waals surface area contributed by atoms with Crippen LogP contribution in [0, 0.1) is 10.1 Å². The summed E-state index contributed by atoms with van der Waals surface area (Å²) < 4.78 is 26.0. The van der Waals surface area contributed by atoms with Gasteiger partial charge in [-0.2, -0.15) is 5.10 Å². The van der Waals surface area contributed by atoms with Crippen LogP contribution in [0.1, 0.15) is 11.4 Å². The lowest BCUT2D eigenvalue weighted by Gasteiger charge is -2.05. The van der Waals surface area contributed by atoms with Crippen LogP contribution in [-0.4, -0.2) is 28.5 Å². The first-order valence-electron chi connectivity index (χ1n) is 5.52. The zero-order chi connectivity index (χ0) is 14.6. The average Bonchev–Trinajstić information content (AvgIpc) is 2.89. The molecule has 2 rings (SSSR count). The van der Waals surface area contributed by atoms with Crippen molar-refractivity contribution in [2.45, 2.75) is 12.3 Å². The number of aromatic amines is 1. The van der Waals surface area contributed by atoms with E-state index in [1.807, 2.05) is 0 Å². The fraction of sp³-hybridized carbons (Fsp3) is 0.200. The maximum absolute atomic E-state index is 11.9. The zero-order valence-electron chi connectivity index (χ0n) is 10.2. The number of aromatic nitrogens is 3. The third-order valence-corrected chi connectivity index (χ3v) is 3.73. The van der Waals surface area contributed by atoms with E-state index in [9.17, 15) is 18.5 Å². The number of H-pyrrole nitrogens is 1. The van der Waals surface area contributed by atoms with Crippen LogP contribution >= 0.6 is 0 Å². The normalized spacial score (nSPS) is 11.4. The second kappa shape index (κ2) is 5.75. The minimum absolute atomic E-state index is 0.0526. The van der Waals surface area contributed by atoms with Gasteiger partial charge in [-0.15, -0.1) is 0 Å². The van der Waals surface area contributed by atoms with E-state index in [1.54, 1.807) is 6.07 Å². The van der Waals surface area contributed by atoms with Gasteiger partial charge in [0.25, 0.3) is 5.69 Å². The number of nitro groups is 1. The van der Waals surface area contributed by atoms with Gasteiger partial charge < -0.3 is 0 Å². The van der Waals surface area contributed by atoms with Crippen molar-refractivity contribution in [1.29, 1.82) is 0 Å². The Labute approximate surface area is 114 Å². The molecule has 1 aromatic carbocycles. The monoisotopic (exact) mass is 297 g/mol. The van der Waals surface area contributed by atoms with Gasteiger partial charge in [-0.1, -0.05) is 18.2 Å². The van der Waals surface area contributed by atoms with Gasteiger partial charge in [-0.3, -0.25) is 15.2 Å². The molecule has 2 aromatic rings. The summed E-state index contributed by atoms with van der Waals surface area (Å²) >= 11 is 0. The van der Waals surface area contributed by atoms with Crippen LogP contribution in [-0.2, 0) is 22.3 Å². The molecule has 2 N–H and O–H groups in total. The first kappa shape index (κ1) is 14.1. The molecule has 106 valence electrons. The molecule has 10 heteroatoms. The molecule has 1 aromatic heterocycles. The Morgan fingerprint density at radius 3 is 2.75 bits per heavy atom. The number of benzene rings is 1. The Morgan fingerprint density at radius 1 is 1.35 bits per heavy atom. The molecule has 9 nitrogen and oxygen atoms in total. The average molecular weight is 297 g/mol. The molecule has 0 fully saturated rings. The van der Waals surface area contributed by atoms with Crippen LogP contribution in [0.25, 0.3) is 0 Å². The van der Waals surface area contributed by atoms with Crippen LogP contribution in [0.15, 0.2) is 30.6 Å². The number of hydrogen-bond donors (Lipinski definition) is 2. The summed E-state index contributed by atoms with van der Waals surface area (Å²) in [4.78, 5) is 14.0. The van der Waals surface area contributed by atoms with Crippen molar-refractivity contribution in [3.63, 3.8) is 0 Å². The molecule has 0 atom stereocenters. The maximum Gasteiger partial charge on any atom is 0.273 e. The fourth-order valence-corrected chi connectivity index (χ4v) is 2.67. The highest BCUT2D eigenvalue weighted by atomic mass is 32.2. The predicted molar refractivity (Wildman–Crippen MR) is 68.9 cm³/mol. The number of hydrogen-bond acceptors (Lipinski definition) is 6. The van der Waals surface area contributed by atoms with E-state index in [1.165, 1.54) is 24.5 Å². The maximum atomic E-state index is 11.9. The van der Waals surface area contributed by atoms with Gasteiger partial charge in [0, 0.05) is 11.6 Å². The molecule has 0 bridgehead atoms. The summed E-state index contributed by atoms with van der Waals surface area (Å²) in [7, 11) is -3.71. The Morgan fingerprint density at radius 2 is 2.10 bits per heavy atom. The van der Waals surface area contributed by atoms with Crippen molar-refractivity contribution in [3.8, 4) is 0 Å². The SMILES string of the molecule is O=[N+]([O-])c1ccccc1CS(=O)(=O)NCc1ncn[nH]1. The molecule has 0 saturated heterocycles. The summed E-state index contributed by atoms with van der Waals surface area (Å²) in [6.07, 6.45) is 1.26. The van der Waals surface area contributed by atoms with Crippen LogP contribution in [0.2, 0.25) is 0 Å². The van der Waals surface area contributed by atoms with Gasteiger partial charge in [0.2, 0.25) is 10.0 Å². The van der Waals surface area contributed by atoms with Gasteiger partial charge in [-0.05, 0) is 0 Å². The predicted octanol–water partition coefficient (Wildman–Crippen LogP) is 0.333. The lowest BCUT2D eigenvalue weighted by atomic mass is 10.2. The van der Waals surface area contributed by atoms with Gasteiger partial charge in [0.05, 0.1) is 17.2 Å². The standard InChI is InChI=1S/C10H11N5O4S/c16-15(17)9-4-2-1-3-8(9)6-20(18,19)13-5-10-11-7-12-14-10/h1-4,7,13H,5-6H2,(H,11,12,14). The summed E-state index contributed by atoms with van der Waals surface area (Å²) in [6.45, 7) is -0.0526. The molecule has 1 heterocycles. The fourth-order valence-electron chi connectivity index (χ4n) is 1.56. The van der Waals surface area contributed by atoms with E-state index in [0.29, 0.717) is 5.82 Å². The number of nitro benzene ring substituents is 1. The van der Waals surface area contributed by atoms with Gasteiger partial charge >= 0.3 is 0 Å². The van der Waals surface area contributed by atoms with Crippen LogP contribution in [0.3, 0.4) is 0 Å². The van der Waals surface area contributed by atoms with E-state index in [2.05, 4.69) is 19.9 Å². The zero-order valence-corrected chi connectivity index (χ0v) is 11.0. The molecule has 0 amide bonds. The molecule has 0 aliphatic rings. The van der Waals surface area contributed by atoms with E-state index < -0.39 is 20.7 Å². The van der Waals surface area contributed by atoms with Crippen LogP contribution in [0.5, 0.6) is 0 Å². The van der Waals surface area contributed by atoms with E-state index in [0.717, 1.165) is 0 Å². The lowest BCUT2D eigenvalue weighted by molar-refractivity contribution is -0.385. The number of nitrogens with one attached hydrogen (secondary N) is 2. The molecule has 0 saturated carbocycles. The number of para-hydroxylation sites is 1. The van der Waals surface area contributed by atoms with Crippen LogP contribution in [0.4, 0.5) is 5.69 Å². The first-order chi connectivity index (χ1) is 9.48. The number of nitrogens with zero attached hydrogens (tertiary/aromatic N) is 3. The van der Waals surface area contributed by atoms with E-state index in [-0.39, 0.29) is 17.8 Å². The lowest BCUT2D eigenvalue weighted by Crippen LogP contribution is -2.25. The highest BCUT2D eigenvalue weighted by molar-refractivity contribution is 7.88. The largest absolute Gasteiger partial charge is 0.273 e. The summed E-state index contributed by atoms with van der Waals surface area (Å²) in [5, 5.41) is 16.9. The summed E-state index contributed by atoms with van der Waals surface area (Å²) in [5.74, 6) is -0.116. The first-order valence-corrected chi connectivity index (χ1v) is 7.17. The Hall–Kier alpha value is -2.33. The van der Waals surface area contributed by atoms with E-state index >= 15 is 0 Å². The summed E-state index contributed by atoms with van der Waals surface area (Å²) in [5.41, 5.74) is -0.0971. The summed E-state index contributed by atoms with van der Waals surface area (Å²) in [6, 6.07) is 5.71. The smallest absolute Gasteiger partial charge is 0.262 e. The molecule has 0 radical (unpaired) electrons. The number of rotatable bonds is 6. The van der Waals surface area contributed by atoms with Crippen molar-refractivity contribution in [3.05, 3.63) is 52.1 Å². The van der Waals surface area contributed by atoms with Crippen molar-refractivity contribution in [2.24, 2.45) is 0 Å². The van der Waals surface area contributed by atoms with Crippen LogP contribution < -0.4 is 4.72 Å². The van der Waals surface area contributed by atoms with Crippen molar-refractivity contribution in [1.82, 2.24) is 19.9 Å². The molecule has 0 aliphatic carbocycles. The topological polar surface area (TPSA) is 131 Å².